The fourth-order valence-corrected chi connectivity index (χ4v) is 3.17. The van der Waals surface area contributed by atoms with Gasteiger partial charge in [-0.2, -0.15) is 5.10 Å². The van der Waals surface area contributed by atoms with Gasteiger partial charge in [0.25, 0.3) is 0 Å². The van der Waals surface area contributed by atoms with Crippen LogP contribution in [0.2, 0.25) is 0 Å². The molecular formula is C17H24N4O7. The average molecular weight is 396 g/mol. The third-order valence-electron chi connectivity index (χ3n) is 4.63. The van der Waals surface area contributed by atoms with Crippen molar-refractivity contribution in [1.29, 1.82) is 0 Å². The minimum Gasteiger partial charge on any atom is -0.431 e. The lowest BCUT2D eigenvalue weighted by molar-refractivity contribution is -0.112. The third kappa shape index (κ3) is 3.74. The van der Waals surface area contributed by atoms with E-state index in [0.29, 0.717) is 11.2 Å². The molecule has 3 heterocycles. The van der Waals surface area contributed by atoms with Crippen molar-refractivity contribution in [3.05, 3.63) is 24.2 Å². The maximum atomic E-state index is 11.8. The molecule has 0 radical (unpaired) electrons. The van der Waals surface area contributed by atoms with Gasteiger partial charge in [0.2, 0.25) is 0 Å². The van der Waals surface area contributed by atoms with Gasteiger partial charge in [-0.1, -0.05) is 0 Å². The number of ether oxygens (including phenoxy) is 4. The van der Waals surface area contributed by atoms with Gasteiger partial charge in [-0.3, -0.25) is 0 Å². The molecule has 154 valence electrons. The zero-order valence-electron chi connectivity index (χ0n) is 15.8. The Labute approximate surface area is 161 Å². The second kappa shape index (κ2) is 7.87. The molecule has 4 N–H and O–H groups in total. The summed E-state index contributed by atoms with van der Waals surface area (Å²) in [5, 5.41) is 25.1. The monoisotopic (exact) mass is 396 g/mol. The van der Waals surface area contributed by atoms with Crippen molar-refractivity contribution in [2.75, 3.05) is 26.1 Å². The van der Waals surface area contributed by atoms with Gasteiger partial charge in [-0.05, 0) is 26.0 Å². The second-order valence-corrected chi connectivity index (χ2v) is 6.91. The number of carbonyl (C=O) groups is 1. The molecule has 0 bridgehead atoms. The van der Waals surface area contributed by atoms with Crippen LogP contribution in [0.5, 0.6) is 0 Å². The van der Waals surface area contributed by atoms with Gasteiger partial charge >= 0.3 is 6.16 Å². The summed E-state index contributed by atoms with van der Waals surface area (Å²) in [6, 6.07) is 3.36. The van der Waals surface area contributed by atoms with Crippen molar-refractivity contribution in [2.24, 2.45) is 0 Å². The SMILES string of the molecule is COC[C@@H](C)OC(=O)OC[C@@]1(C)O[C@@H](c2ccc3c(N)ncnn23)[C@H](O)[C@@H]1O. The van der Waals surface area contributed by atoms with Gasteiger partial charge in [0.15, 0.2) is 5.82 Å². The Kier molecular flexibility index (Phi) is 5.70. The van der Waals surface area contributed by atoms with Crippen molar-refractivity contribution < 1.29 is 34.0 Å². The highest BCUT2D eigenvalue weighted by Crippen LogP contribution is 2.40. The molecule has 0 aliphatic carbocycles. The predicted octanol–water partition coefficient (Wildman–Crippen LogP) is 0.0514. The second-order valence-electron chi connectivity index (χ2n) is 6.91. The lowest BCUT2D eigenvalue weighted by Gasteiger charge is -2.27. The quantitative estimate of drug-likeness (QED) is 0.571. The minimum absolute atomic E-state index is 0.221. The largest absolute Gasteiger partial charge is 0.508 e. The molecule has 0 amide bonds. The molecule has 28 heavy (non-hydrogen) atoms. The molecule has 2 aromatic heterocycles. The van der Waals surface area contributed by atoms with Gasteiger partial charge < -0.3 is 34.9 Å². The molecule has 0 unspecified atom stereocenters. The highest BCUT2D eigenvalue weighted by atomic mass is 16.7. The highest BCUT2D eigenvalue weighted by Gasteiger charge is 2.53. The van der Waals surface area contributed by atoms with Crippen molar-refractivity contribution in [2.45, 2.75) is 43.9 Å². The number of nitrogens with two attached hydrogens (primary N) is 1. The Morgan fingerprint density at radius 2 is 2.21 bits per heavy atom. The number of hydrogen-bond donors (Lipinski definition) is 3. The van der Waals surface area contributed by atoms with Crippen LogP contribution in [-0.2, 0) is 18.9 Å². The number of methoxy groups -OCH3 is 1. The van der Waals surface area contributed by atoms with E-state index in [1.165, 1.54) is 24.9 Å². The molecule has 0 aromatic carbocycles. The molecule has 0 saturated carbocycles. The Balaban J connectivity index is 1.72. The van der Waals surface area contributed by atoms with Crippen LogP contribution in [0.25, 0.3) is 5.52 Å². The minimum atomic E-state index is -1.35. The van der Waals surface area contributed by atoms with Crippen LogP contribution >= 0.6 is 0 Å². The molecule has 11 heteroatoms. The summed E-state index contributed by atoms with van der Waals surface area (Å²) < 4.78 is 22.3. The standard InChI is InChI=1S/C17H24N4O7/c1-9(6-25-3)27-16(24)26-7-17(2)14(23)12(22)13(28-17)10-4-5-11-15(18)19-8-20-21(10)11/h4-5,8-9,12-14,22-23H,6-7H2,1-3H3,(H2,18,19,20)/t9-,12+,13+,14+,17-/m1/s1. The Morgan fingerprint density at radius 1 is 1.46 bits per heavy atom. The first-order valence-electron chi connectivity index (χ1n) is 8.71. The first-order valence-corrected chi connectivity index (χ1v) is 8.71. The molecule has 1 saturated heterocycles. The zero-order valence-corrected chi connectivity index (χ0v) is 15.8. The van der Waals surface area contributed by atoms with Crippen LogP contribution in [0.15, 0.2) is 18.5 Å². The molecule has 1 fully saturated rings. The summed E-state index contributed by atoms with van der Waals surface area (Å²) in [5.41, 5.74) is 5.50. The number of anilines is 1. The number of aromatic nitrogens is 3. The summed E-state index contributed by atoms with van der Waals surface area (Å²) in [5.74, 6) is 0.272. The number of aliphatic hydroxyl groups excluding tert-OH is 2. The summed E-state index contributed by atoms with van der Waals surface area (Å²) in [6.07, 6.45) is -3.63. The van der Waals surface area contributed by atoms with E-state index in [9.17, 15) is 15.0 Å². The number of hydrogen-bond acceptors (Lipinski definition) is 10. The van der Waals surface area contributed by atoms with Gasteiger partial charge in [-0.25, -0.2) is 14.3 Å². The number of rotatable bonds is 6. The maximum Gasteiger partial charge on any atom is 0.508 e. The number of fused-ring (bicyclic) bond motifs is 1. The van der Waals surface area contributed by atoms with E-state index in [0.717, 1.165) is 0 Å². The zero-order chi connectivity index (χ0) is 20.5. The smallest absolute Gasteiger partial charge is 0.431 e. The van der Waals surface area contributed by atoms with Crippen LogP contribution in [0.3, 0.4) is 0 Å². The van der Waals surface area contributed by atoms with Crippen LogP contribution in [0, 0.1) is 0 Å². The van der Waals surface area contributed by atoms with Crippen molar-refractivity contribution in [1.82, 2.24) is 14.6 Å². The van der Waals surface area contributed by atoms with Gasteiger partial charge in [0.1, 0.15) is 48.5 Å². The molecule has 1 aliphatic rings. The van der Waals surface area contributed by atoms with Crippen molar-refractivity contribution in [3.8, 4) is 0 Å². The average Bonchev–Trinajstić information content (AvgIpc) is 3.17. The maximum absolute atomic E-state index is 11.8. The van der Waals surface area contributed by atoms with E-state index >= 15 is 0 Å². The van der Waals surface area contributed by atoms with Crippen molar-refractivity contribution >= 4 is 17.5 Å². The molecular weight excluding hydrogens is 372 g/mol. The normalized spacial score (nSPS) is 28.4. The molecule has 1 aliphatic heterocycles. The lowest BCUT2D eigenvalue weighted by Crippen LogP contribution is -2.45. The summed E-state index contributed by atoms with van der Waals surface area (Å²) in [7, 11) is 1.49. The first-order chi connectivity index (χ1) is 13.3. The highest BCUT2D eigenvalue weighted by molar-refractivity contribution is 5.65. The predicted molar refractivity (Wildman–Crippen MR) is 95.4 cm³/mol. The molecule has 5 atom stereocenters. The molecule has 11 nitrogen and oxygen atoms in total. The summed E-state index contributed by atoms with van der Waals surface area (Å²) in [4.78, 5) is 15.7. The molecule has 3 rings (SSSR count). The van der Waals surface area contributed by atoms with E-state index in [-0.39, 0.29) is 19.0 Å². The number of nitrogens with zero attached hydrogens (tertiary/aromatic N) is 3. The van der Waals surface area contributed by atoms with E-state index in [1.54, 1.807) is 19.1 Å². The fourth-order valence-electron chi connectivity index (χ4n) is 3.17. The Hall–Kier alpha value is -2.47. The van der Waals surface area contributed by atoms with Crippen LogP contribution < -0.4 is 5.73 Å². The van der Waals surface area contributed by atoms with Crippen LogP contribution in [0.1, 0.15) is 25.6 Å². The number of carbonyl (C=O) groups excluding carboxylic acids is 1. The van der Waals surface area contributed by atoms with Crippen LogP contribution in [0.4, 0.5) is 10.6 Å². The van der Waals surface area contributed by atoms with Gasteiger partial charge in [0, 0.05) is 7.11 Å². The summed E-state index contributed by atoms with van der Waals surface area (Å²) >= 11 is 0. The first kappa shape index (κ1) is 20.3. The number of nitrogen functional groups attached to an aromatic ring is 1. The van der Waals surface area contributed by atoms with Gasteiger partial charge in [0.05, 0.1) is 12.3 Å². The Morgan fingerprint density at radius 3 is 2.93 bits per heavy atom. The fraction of sp³-hybridized carbons (Fsp3) is 0.588. The third-order valence-corrected chi connectivity index (χ3v) is 4.63. The van der Waals surface area contributed by atoms with E-state index in [4.69, 9.17) is 24.7 Å². The van der Waals surface area contributed by atoms with E-state index < -0.39 is 36.2 Å². The molecule has 0 spiro atoms. The number of aliphatic hydroxyl groups is 2. The Bertz CT molecular complexity index is 844. The van der Waals surface area contributed by atoms with Crippen LogP contribution in [-0.4, -0.2) is 75.2 Å². The molecule has 2 aromatic rings. The lowest BCUT2D eigenvalue weighted by atomic mass is 9.97. The van der Waals surface area contributed by atoms with E-state index in [2.05, 4.69) is 10.1 Å². The summed E-state index contributed by atoms with van der Waals surface area (Å²) in [6.45, 7) is 3.09. The topological polar surface area (TPSA) is 151 Å². The van der Waals surface area contributed by atoms with E-state index in [1.807, 2.05) is 0 Å². The van der Waals surface area contributed by atoms with Crippen molar-refractivity contribution in [3.63, 3.8) is 0 Å². The van der Waals surface area contributed by atoms with Gasteiger partial charge in [-0.15, -0.1) is 0 Å².